The highest BCUT2D eigenvalue weighted by Gasteiger charge is 2.47. The van der Waals surface area contributed by atoms with Crippen LogP contribution in [0, 0.1) is 17.3 Å². The Morgan fingerprint density at radius 1 is 0.806 bits per heavy atom. The Balaban J connectivity index is 1.72. The van der Waals surface area contributed by atoms with Gasteiger partial charge >= 0.3 is 0 Å². The third-order valence-corrected chi connectivity index (χ3v) is 8.31. The van der Waals surface area contributed by atoms with Crippen LogP contribution in [-0.4, -0.2) is 48.4 Å². The molecule has 0 aromatic rings. The van der Waals surface area contributed by atoms with Gasteiger partial charge in [-0.25, -0.2) is 0 Å². The molecule has 2 aliphatic rings. The van der Waals surface area contributed by atoms with E-state index in [2.05, 4.69) is 37.5 Å². The van der Waals surface area contributed by atoms with Crippen LogP contribution >= 0.6 is 0 Å². The Morgan fingerprint density at radius 3 is 1.90 bits per heavy atom. The normalized spacial score (nSPS) is 19.7. The van der Waals surface area contributed by atoms with Crippen molar-refractivity contribution < 1.29 is 4.79 Å². The van der Waals surface area contributed by atoms with Gasteiger partial charge in [-0.05, 0) is 64.1 Å². The first kappa shape index (κ1) is 26.7. The molecule has 1 spiro atoms. The predicted octanol–water partition coefficient (Wildman–Crippen LogP) is 7.29. The molecule has 0 aromatic heterocycles. The number of unbranched alkanes of at least 4 members (excludes halogenated alkanes) is 6. The van der Waals surface area contributed by atoms with Gasteiger partial charge in [-0.3, -0.25) is 4.79 Å². The molecule has 0 aromatic carbocycles. The van der Waals surface area contributed by atoms with Crippen molar-refractivity contribution in [1.82, 2.24) is 9.80 Å². The van der Waals surface area contributed by atoms with Gasteiger partial charge in [0.2, 0.25) is 5.91 Å². The first-order valence-corrected chi connectivity index (χ1v) is 14.0. The molecule has 2 heterocycles. The number of rotatable bonds is 16. The van der Waals surface area contributed by atoms with Crippen molar-refractivity contribution in [2.75, 3.05) is 32.7 Å². The van der Waals surface area contributed by atoms with Crippen LogP contribution in [0.25, 0.3) is 0 Å². The van der Waals surface area contributed by atoms with E-state index in [1.165, 1.54) is 103 Å². The topological polar surface area (TPSA) is 23.6 Å². The lowest BCUT2D eigenvalue weighted by atomic mass is 9.71. The van der Waals surface area contributed by atoms with Crippen molar-refractivity contribution in [2.24, 2.45) is 17.3 Å². The summed E-state index contributed by atoms with van der Waals surface area (Å²) in [7, 11) is 0. The van der Waals surface area contributed by atoms with Crippen molar-refractivity contribution in [3.05, 3.63) is 0 Å². The highest BCUT2D eigenvalue weighted by Crippen LogP contribution is 2.41. The maximum absolute atomic E-state index is 13.3. The fourth-order valence-corrected chi connectivity index (χ4v) is 5.64. The van der Waals surface area contributed by atoms with E-state index in [0.717, 1.165) is 31.8 Å². The molecular weight excluding hydrogens is 380 g/mol. The summed E-state index contributed by atoms with van der Waals surface area (Å²) in [6.07, 6.45) is 19.1. The third kappa shape index (κ3) is 9.06. The van der Waals surface area contributed by atoms with Crippen LogP contribution in [0.5, 0.6) is 0 Å². The number of carbonyl (C=O) groups excluding carboxylic acids is 1. The van der Waals surface area contributed by atoms with E-state index in [4.69, 9.17) is 0 Å². The van der Waals surface area contributed by atoms with Crippen molar-refractivity contribution in [1.29, 1.82) is 0 Å². The summed E-state index contributed by atoms with van der Waals surface area (Å²) in [4.78, 5) is 18.2. The molecule has 2 rings (SSSR count). The summed E-state index contributed by atoms with van der Waals surface area (Å²) in [6, 6.07) is 0. The Bertz CT molecular complexity index is 463. The van der Waals surface area contributed by atoms with Crippen LogP contribution < -0.4 is 0 Å². The van der Waals surface area contributed by atoms with Gasteiger partial charge in [0.05, 0.1) is 0 Å². The average Bonchev–Trinajstić information content (AvgIpc) is 2.76. The maximum atomic E-state index is 13.3. The van der Waals surface area contributed by atoms with Gasteiger partial charge in [-0.15, -0.1) is 0 Å². The predicted molar refractivity (Wildman–Crippen MR) is 134 cm³/mol. The second-order valence-electron chi connectivity index (χ2n) is 11.1. The van der Waals surface area contributed by atoms with Gasteiger partial charge in [0.1, 0.15) is 0 Å². The molecule has 1 unspecified atom stereocenters. The van der Waals surface area contributed by atoms with Crippen molar-refractivity contribution >= 4 is 5.91 Å². The second kappa shape index (κ2) is 14.6. The van der Waals surface area contributed by atoms with E-state index in [9.17, 15) is 4.79 Å². The molecule has 3 heteroatoms. The van der Waals surface area contributed by atoms with Gasteiger partial charge in [0, 0.05) is 24.4 Å². The fourth-order valence-electron chi connectivity index (χ4n) is 5.64. The smallest absolute Gasteiger partial charge is 0.225 e. The van der Waals surface area contributed by atoms with E-state index in [1.807, 2.05) is 0 Å². The van der Waals surface area contributed by atoms with E-state index in [-0.39, 0.29) is 0 Å². The van der Waals surface area contributed by atoms with Gasteiger partial charge in [-0.1, -0.05) is 85.5 Å². The third-order valence-electron chi connectivity index (χ3n) is 8.31. The molecule has 1 amide bonds. The SMILES string of the molecule is CCCCCCC(CCCCCC)C(=O)N1CC2(CCN(CCCC(C)CC)CC2)C1. The number of likely N-dealkylation sites (tertiary alicyclic amines) is 2. The van der Waals surface area contributed by atoms with E-state index in [1.54, 1.807) is 0 Å². The molecule has 182 valence electrons. The summed E-state index contributed by atoms with van der Waals surface area (Å²) in [5.41, 5.74) is 0.456. The molecule has 2 saturated heterocycles. The Morgan fingerprint density at radius 2 is 1.39 bits per heavy atom. The number of nitrogens with zero attached hydrogens (tertiary/aromatic N) is 2. The van der Waals surface area contributed by atoms with Gasteiger partial charge in [0.25, 0.3) is 0 Å². The second-order valence-corrected chi connectivity index (χ2v) is 11.1. The van der Waals surface area contributed by atoms with E-state index >= 15 is 0 Å². The minimum atomic E-state index is 0.298. The molecule has 0 N–H and O–H groups in total. The van der Waals surface area contributed by atoms with Crippen molar-refractivity contribution in [3.63, 3.8) is 0 Å². The Kier molecular flexibility index (Phi) is 12.5. The lowest BCUT2D eigenvalue weighted by Gasteiger charge is -2.54. The maximum Gasteiger partial charge on any atom is 0.225 e. The van der Waals surface area contributed by atoms with Crippen LogP contribution in [0.15, 0.2) is 0 Å². The summed E-state index contributed by atoms with van der Waals surface area (Å²) in [5, 5.41) is 0. The zero-order valence-electron chi connectivity index (χ0n) is 21.6. The molecule has 0 bridgehead atoms. The highest BCUT2D eigenvalue weighted by molar-refractivity contribution is 5.79. The summed E-state index contributed by atoms with van der Waals surface area (Å²) < 4.78 is 0. The van der Waals surface area contributed by atoms with E-state index in [0.29, 0.717) is 17.2 Å². The minimum Gasteiger partial charge on any atom is -0.341 e. The van der Waals surface area contributed by atoms with Crippen LogP contribution in [0.1, 0.15) is 124 Å². The molecule has 0 radical (unpaired) electrons. The van der Waals surface area contributed by atoms with Crippen molar-refractivity contribution in [3.8, 4) is 0 Å². The van der Waals surface area contributed by atoms with Crippen LogP contribution in [0.2, 0.25) is 0 Å². The molecule has 0 saturated carbocycles. The van der Waals surface area contributed by atoms with Crippen LogP contribution in [0.4, 0.5) is 0 Å². The summed E-state index contributed by atoms with van der Waals surface area (Å²) in [5.74, 6) is 1.67. The quantitative estimate of drug-likeness (QED) is 0.238. The molecule has 3 nitrogen and oxygen atoms in total. The Hall–Kier alpha value is -0.570. The van der Waals surface area contributed by atoms with Crippen LogP contribution in [0.3, 0.4) is 0 Å². The summed E-state index contributed by atoms with van der Waals surface area (Å²) in [6.45, 7) is 15.1. The largest absolute Gasteiger partial charge is 0.341 e. The highest BCUT2D eigenvalue weighted by atomic mass is 16.2. The standard InChI is InChI=1S/C28H54N2O/c1-5-8-10-12-16-26(17-13-11-9-6-2)27(31)30-23-28(24-30)18-21-29(22-19-28)20-14-15-25(4)7-3/h25-26H,5-24H2,1-4H3. The van der Waals surface area contributed by atoms with Gasteiger partial charge in [0.15, 0.2) is 0 Å². The number of piperidine rings is 1. The monoisotopic (exact) mass is 434 g/mol. The first-order chi connectivity index (χ1) is 15.0. The minimum absolute atomic E-state index is 0.298. The number of hydrogen-bond donors (Lipinski definition) is 0. The van der Waals surface area contributed by atoms with Gasteiger partial charge < -0.3 is 9.80 Å². The summed E-state index contributed by atoms with van der Waals surface area (Å²) >= 11 is 0. The average molecular weight is 435 g/mol. The van der Waals surface area contributed by atoms with Crippen LogP contribution in [-0.2, 0) is 4.79 Å². The zero-order valence-corrected chi connectivity index (χ0v) is 21.6. The molecule has 1 atom stereocenters. The molecule has 0 aliphatic carbocycles. The Labute approximate surface area is 194 Å². The lowest BCUT2D eigenvalue weighted by Crippen LogP contribution is -2.62. The molecule has 2 fully saturated rings. The fraction of sp³-hybridized carbons (Fsp3) is 0.964. The first-order valence-electron chi connectivity index (χ1n) is 14.0. The van der Waals surface area contributed by atoms with Gasteiger partial charge in [-0.2, -0.15) is 0 Å². The zero-order chi connectivity index (χ0) is 22.5. The molecule has 31 heavy (non-hydrogen) atoms. The van der Waals surface area contributed by atoms with Crippen molar-refractivity contribution in [2.45, 2.75) is 124 Å². The number of carbonyl (C=O) groups is 1. The number of hydrogen-bond acceptors (Lipinski definition) is 2. The molecule has 2 aliphatic heterocycles. The number of amides is 1. The molecular formula is C28H54N2O. The lowest BCUT2D eigenvalue weighted by molar-refractivity contribution is -0.152. The van der Waals surface area contributed by atoms with E-state index < -0.39 is 0 Å².